The van der Waals surface area contributed by atoms with Crippen molar-refractivity contribution >= 4 is 11.8 Å². The molecule has 20 heavy (non-hydrogen) atoms. The van der Waals surface area contributed by atoms with Crippen LogP contribution in [0.1, 0.15) is 55.8 Å². The van der Waals surface area contributed by atoms with E-state index in [1.165, 1.54) is 16.0 Å². The molecule has 1 aromatic heterocycles. The molecular weight excluding hydrogens is 268 g/mol. The van der Waals surface area contributed by atoms with Gasteiger partial charge < -0.3 is 4.52 Å². The first-order valence-electron chi connectivity index (χ1n) is 6.85. The van der Waals surface area contributed by atoms with Crippen LogP contribution in [0.15, 0.2) is 27.6 Å². The summed E-state index contributed by atoms with van der Waals surface area (Å²) in [6, 6.07) is 6.49. The third-order valence-corrected chi connectivity index (χ3v) is 4.36. The van der Waals surface area contributed by atoms with E-state index >= 15 is 0 Å². The molecule has 0 bridgehead atoms. The van der Waals surface area contributed by atoms with Gasteiger partial charge in [0.15, 0.2) is 5.82 Å². The molecule has 0 aliphatic heterocycles. The molecule has 1 aromatic carbocycles. The van der Waals surface area contributed by atoms with Crippen molar-refractivity contribution in [3.05, 3.63) is 41.0 Å². The van der Waals surface area contributed by atoms with Gasteiger partial charge in [-0.05, 0) is 32.4 Å². The van der Waals surface area contributed by atoms with Gasteiger partial charge in [-0.2, -0.15) is 4.98 Å². The summed E-state index contributed by atoms with van der Waals surface area (Å²) in [7, 11) is 0. The van der Waals surface area contributed by atoms with Crippen molar-refractivity contribution in [2.24, 2.45) is 0 Å². The highest BCUT2D eigenvalue weighted by atomic mass is 32.2. The molecule has 0 fully saturated rings. The van der Waals surface area contributed by atoms with Gasteiger partial charge in [-0.1, -0.05) is 43.6 Å². The van der Waals surface area contributed by atoms with E-state index in [-0.39, 0.29) is 10.7 Å². The zero-order valence-corrected chi connectivity index (χ0v) is 13.8. The Morgan fingerprint density at radius 2 is 1.90 bits per heavy atom. The normalized spacial score (nSPS) is 13.5. The molecule has 0 radical (unpaired) electrons. The standard InChI is InChI=1S/C16H22N2OS/c1-10-7-8-11(2)13(9-10)20-12(3)14-17-15(18-19-14)16(4,5)6/h7-9,12H,1-6H3. The summed E-state index contributed by atoms with van der Waals surface area (Å²) in [6.07, 6.45) is 0. The van der Waals surface area contributed by atoms with E-state index in [1.54, 1.807) is 11.8 Å². The van der Waals surface area contributed by atoms with Crippen molar-refractivity contribution in [1.29, 1.82) is 0 Å². The molecular formula is C16H22N2OS. The molecule has 108 valence electrons. The van der Waals surface area contributed by atoms with Crippen LogP contribution in [-0.4, -0.2) is 10.1 Å². The fraction of sp³-hybridized carbons (Fsp3) is 0.500. The quantitative estimate of drug-likeness (QED) is 0.758. The highest BCUT2D eigenvalue weighted by molar-refractivity contribution is 7.99. The lowest BCUT2D eigenvalue weighted by atomic mass is 9.96. The Balaban J connectivity index is 2.18. The number of thioether (sulfide) groups is 1. The Labute approximate surface area is 125 Å². The number of hydrogen-bond donors (Lipinski definition) is 0. The van der Waals surface area contributed by atoms with Crippen LogP contribution >= 0.6 is 11.8 Å². The average molecular weight is 290 g/mol. The van der Waals surface area contributed by atoms with E-state index in [4.69, 9.17) is 4.52 Å². The molecule has 0 spiro atoms. The number of aryl methyl sites for hydroxylation is 2. The molecule has 0 saturated heterocycles. The lowest BCUT2D eigenvalue weighted by Gasteiger charge is -2.12. The Kier molecular flexibility index (Phi) is 4.23. The summed E-state index contributed by atoms with van der Waals surface area (Å²) >= 11 is 1.77. The Hall–Kier alpha value is -1.29. The van der Waals surface area contributed by atoms with Crippen LogP contribution in [-0.2, 0) is 5.41 Å². The van der Waals surface area contributed by atoms with E-state index in [0.29, 0.717) is 5.89 Å². The van der Waals surface area contributed by atoms with E-state index in [9.17, 15) is 0 Å². The van der Waals surface area contributed by atoms with Crippen LogP contribution in [0.2, 0.25) is 0 Å². The molecule has 0 aliphatic carbocycles. The zero-order chi connectivity index (χ0) is 14.9. The first-order valence-corrected chi connectivity index (χ1v) is 7.73. The van der Waals surface area contributed by atoms with Gasteiger partial charge >= 0.3 is 0 Å². The third kappa shape index (κ3) is 3.42. The molecule has 4 heteroatoms. The molecule has 0 aliphatic rings. The molecule has 0 N–H and O–H groups in total. The van der Waals surface area contributed by atoms with Crippen molar-refractivity contribution in [2.75, 3.05) is 0 Å². The highest BCUT2D eigenvalue weighted by Crippen LogP contribution is 2.36. The largest absolute Gasteiger partial charge is 0.338 e. The van der Waals surface area contributed by atoms with E-state index in [2.05, 4.69) is 69.9 Å². The van der Waals surface area contributed by atoms with Crippen molar-refractivity contribution < 1.29 is 4.52 Å². The summed E-state index contributed by atoms with van der Waals surface area (Å²) in [6.45, 7) is 12.6. The van der Waals surface area contributed by atoms with Gasteiger partial charge in [0.2, 0.25) is 5.89 Å². The first-order chi connectivity index (χ1) is 9.27. The monoisotopic (exact) mass is 290 g/mol. The van der Waals surface area contributed by atoms with Gasteiger partial charge in [-0.3, -0.25) is 0 Å². The number of nitrogens with zero attached hydrogens (tertiary/aromatic N) is 2. The van der Waals surface area contributed by atoms with Gasteiger partial charge in [0.25, 0.3) is 0 Å². The van der Waals surface area contributed by atoms with Crippen LogP contribution in [0.4, 0.5) is 0 Å². The van der Waals surface area contributed by atoms with Gasteiger partial charge in [0, 0.05) is 10.3 Å². The zero-order valence-electron chi connectivity index (χ0n) is 13.0. The molecule has 1 unspecified atom stereocenters. The topological polar surface area (TPSA) is 38.9 Å². The average Bonchev–Trinajstić information content (AvgIpc) is 2.83. The van der Waals surface area contributed by atoms with Crippen molar-refractivity contribution in [1.82, 2.24) is 10.1 Å². The Morgan fingerprint density at radius 1 is 1.20 bits per heavy atom. The van der Waals surface area contributed by atoms with Crippen LogP contribution < -0.4 is 0 Å². The fourth-order valence-electron chi connectivity index (χ4n) is 1.78. The first kappa shape index (κ1) is 15.1. The van der Waals surface area contributed by atoms with Gasteiger partial charge in [0.1, 0.15) is 0 Å². The third-order valence-electron chi connectivity index (χ3n) is 3.11. The molecule has 0 saturated carbocycles. The summed E-state index contributed by atoms with van der Waals surface area (Å²) in [5.41, 5.74) is 2.47. The minimum absolute atomic E-state index is 0.0780. The lowest BCUT2D eigenvalue weighted by Crippen LogP contribution is -2.13. The van der Waals surface area contributed by atoms with E-state index in [1.807, 2.05) is 0 Å². The highest BCUT2D eigenvalue weighted by Gasteiger charge is 2.23. The van der Waals surface area contributed by atoms with Gasteiger partial charge in [-0.15, -0.1) is 11.8 Å². The van der Waals surface area contributed by atoms with Gasteiger partial charge in [0.05, 0.1) is 5.25 Å². The molecule has 1 atom stereocenters. The summed E-state index contributed by atoms with van der Waals surface area (Å²) in [4.78, 5) is 5.80. The predicted molar refractivity (Wildman–Crippen MR) is 83.2 cm³/mol. The van der Waals surface area contributed by atoms with Crippen molar-refractivity contribution in [2.45, 2.75) is 57.1 Å². The van der Waals surface area contributed by atoms with Crippen molar-refractivity contribution in [3.63, 3.8) is 0 Å². The molecule has 0 amide bonds. The van der Waals surface area contributed by atoms with Crippen LogP contribution in [0, 0.1) is 13.8 Å². The second-order valence-electron chi connectivity index (χ2n) is 6.24. The number of rotatable bonds is 3. The smallest absolute Gasteiger partial charge is 0.239 e. The summed E-state index contributed by atoms with van der Waals surface area (Å²) in [5.74, 6) is 1.46. The number of hydrogen-bond acceptors (Lipinski definition) is 4. The molecule has 2 aromatic rings. The minimum Gasteiger partial charge on any atom is -0.338 e. The summed E-state index contributed by atoms with van der Waals surface area (Å²) in [5, 5.41) is 4.24. The van der Waals surface area contributed by atoms with Gasteiger partial charge in [-0.25, -0.2) is 0 Å². The predicted octanol–water partition coefficient (Wildman–Crippen LogP) is 4.84. The second-order valence-corrected chi connectivity index (χ2v) is 7.62. The van der Waals surface area contributed by atoms with Crippen molar-refractivity contribution in [3.8, 4) is 0 Å². The Bertz CT molecular complexity index is 599. The van der Waals surface area contributed by atoms with E-state index in [0.717, 1.165) is 5.82 Å². The maximum atomic E-state index is 5.41. The number of benzene rings is 1. The van der Waals surface area contributed by atoms with Crippen LogP contribution in [0.25, 0.3) is 0 Å². The lowest BCUT2D eigenvalue weighted by molar-refractivity contribution is 0.364. The molecule has 2 rings (SSSR count). The molecule has 3 nitrogen and oxygen atoms in total. The fourth-order valence-corrected chi connectivity index (χ4v) is 2.87. The van der Waals surface area contributed by atoms with Crippen LogP contribution in [0.5, 0.6) is 0 Å². The number of aromatic nitrogens is 2. The SMILES string of the molecule is Cc1ccc(C)c(SC(C)c2nc(C(C)(C)C)no2)c1. The minimum atomic E-state index is -0.0780. The maximum absolute atomic E-state index is 5.41. The van der Waals surface area contributed by atoms with Crippen LogP contribution in [0.3, 0.4) is 0 Å². The second kappa shape index (κ2) is 5.60. The van der Waals surface area contributed by atoms with E-state index < -0.39 is 0 Å². The Morgan fingerprint density at radius 3 is 2.50 bits per heavy atom. The maximum Gasteiger partial charge on any atom is 0.239 e. The molecule has 1 heterocycles. The summed E-state index contributed by atoms with van der Waals surface area (Å²) < 4.78 is 5.41.